The lowest BCUT2D eigenvalue weighted by Crippen LogP contribution is -2.02. The molecule has 1 aromatic rings. The van der Waals surface area contributed by atoms with Crippen molar-refractivity contribution in [2.45, 2.75) is 26.7 Å². The molecule has 0 amide bonds. The number of benzene rings is 1. The Hall–Kier alpha value is -1.14. The van der Waals surface area contributed by atoms with Crippen LogP contribution < -0.4 is 4.74 Å². The summed E-state index contributed by atoms with van der Waals surface area (Å²) in [5, 5.41) is 10.6. The van der Waals surface area contributed by atoms with Gasteiger partial charge in [0.05, 0.1) is 6.61 Å². The van der Waals surface area contributed by atoms with Crippen molar-refractivity contribution in [3.8, 4) is 11.2 Å². The highest BCUT2D eigenvalue weighted by molar-refractivity contribution is 8.03. The van der Waals surface area contributed by atoms with Crippen LogP contribution in [0, 0.1) is 16.6 Å². The predicted molar refractivity (Wildman–Crippen MR) is 73.2 cm³/mol. The van der Waals surface area contributed by atoms with E-state index in [0.717, 1.165) is 31.0 Å². The molecule has 1 aromatic carbocycles. The number of thiocyanates is 1. The zero-order chi connectivity index (χ0) is 12.5. The normalized spacial score (nSPS) is 11.8. The second kappa shape index (κ2) is 8.03. The number of hydrogen-bond donors (Lipinski definition) is 0. The molecule has 0 aliphatic rings. The molecule has 1 atom stereocenters. The van der Waals surface area contributed by atoms with Crippen LogP contribution >= 0.6 is 11.8 Å². The molecule has 0 aromatic heterocycles. The third-order valence-corrected chi connectivity index (χ3v) is 3.28. The average molecular weight is 249 g/mol. The fourth-order valence-electron chi connectivity index (χ4n) is 1.58. The van der Waals surface area contributed by atoms with Crippen molar-refractivity contribution < 1.29 is 4.74 Å². The average Bonchev–Trinajstić information content (AvgIpc) is 2.35. The molecular formula is C14H19NOS. The van der Waals surface area contributed by atoms with Gasteiger partial charge in [-0.25, -0.2) is 0 Å². The van der Waals surface area contributed by atoms with E-state index in [1.165, 1.54) is 17.3 Å². The maximum Gasteiger partial charge on any atom is 0.133 e. The van der Waals surface area contributed by atoms with E-state index >= 15 is 0 Å². The summed E-state index contributed by atoms with van der Waals surface area (Å²) < 4.78 is 5.53. The highest BCUT2D eigenvalue weighted by Gasteiger charge is 2.04. The van der Waals surface area contributed by atoms with Gasteiger partial charge in [-0.1, -0.05) is 26.0 Å². The van der Waals surface area contributed by atoms with Crippen LogP contribution in [0.2, 0.25) is 0 Å². The van der Waals surface area contributed by atoms with Gasteiger partial charge < -0.3 is 4.74 Å². The smallest absolute Gasteiger partial charge is 0.133 e. The maximum absolute atomic E-state index is 8.50. The van der Waals surface area contributed by atoms with Crippen molar-refractivity contribution in [2.24, 2.45) is 5.92 Å². The Morgan fingerprint density at radius 2 is 2.06 bits per heavy atom. The first-order chi connectivity index (χ1) is 8.26. The quantitative estimate of drug-likeness (QED) is 0.688. The van der Waals surface area contributed by atoms with Gasteiger partial charge in [0.25, 0.3) is 0 Å². The first kappa shape index (κ1) is 13.9. The molecule has 0 N–H and O–H groups in total. The van der Waals surface area contributed by atoms with Crippen LogP contribution in [0.4, 0.5) is 0 Å². The lowest BCUT2D eigenvalue weighted by atomic mass is 10.0. The summed E-state index contributed by atoms with van der Waals surface area (Å²) in [6.45, 7) is 5.04. The van der Waals surface area contributed by atoms with Gasteiger partial charge in [-0.05, 0) is 48.2 Å². The summed E-state index contributed by atoms with van der Waals surface area (Å²) in [7, 11) is 0. The van der Waals surface area contributed by atoms with Crippen LogP contribution in [0.5, 0.6) is 5.75 Å². The second-order valence-electron chi connectivity index (χ2n) is 4.20. The van der Waals surface area contributed by atoms with Crippen LogP contribution in [-0.2, 0) is 6.42 Å². The molecule has 3 heteroatoms. The molecule has 0 bridgehead atoms. The van der Waals surface area contributed by atoms with E-state index in [1.807, 2.05) is 12.1 Å². The van der Waals surface area contributed by atoms with E-state index < -0.39 is 0 Å². The summed E-state index contributed by atoms with van der Waals surface area (Å²) in [6, 6.07) is 8.27. The molecule has 1 rings (SSSR count). The minimum atomic E-state index is 0.530. The van der Waals surface area contributed by atoms with Crippen LogP contribution in [0.1, 0.15) is 25.8 Å². The Bertz CT molecular complexity index is 355. The zero-order valence-corrected chi connectivity index (χ0v) is 11.3. The Morgan fingerprint density at radius 3 is 2.65 bits per heavy atom. The predicted octanol–water partition coefficient (Wildman–Crippen LogP) is 3.87. The van der Waals surface area contributed by atoms with Gasteiger partial charge in [-0.3, -0.25) is 0 Å². The summed E-state index contributed by atoms with van der Waals surface area (Å²) in [5.41, 5.74) is 1.31. The number of thioether (sulfide) groups is 1. The third kappa shape index (κ3) is 5.65. The third-order valence-electron chi connectivity index (χ3n) is 2.41. The van der Waals surface area contributed by atoms with E-state index in [9.17, 15) is 0 Å². The summed E-state index contributed by atoms with van der Waals surface area (Å²) in [4.78, 5) is 0. The molecule has 0 fully saturated rings. The molecule has 92 valence electrons. The summed E-state index contributed by atoms with van der Waals surface area (Å²) in [6.07, 6.45) is 2.05. The van der Waals surface area contributed by atoms with Crippen LogP contribution in [0.25, 0.3) is 0 Å². The molecular weight excluding hydrogens is 230 g/mol. The van der Waals surface area contributed by atoms with Crippen LogP contribution in [0.15, 0.2) is 24.3 Å². The van der Waals surface area contributed by atoms with Gasteiger partial charge in [0, 0.05) is 5.75 Å². The van der Waals surface area contributed by atoms with Crippen molar-refractivity contribution in [3.63, 3.8) is 0 Å². The van der Waals surface area contributed by atoms with E-state index in [0.29, 0.717) is 5.92 Å². The lowest BCUT2D eigenvalue weighted by Gasteiger charge is -2.10. The van der Waals surface area contributed by atoms with E-state index in [1.54, 1.807) is 0 Å². The van der Waals surface area contributed by atoms with E-state index in [-0.39, 0.29) is 0 Å². The van der Waals surface area contributed by atoms with E-state index in [2.05, 4.69) is 31.4 Å². The molecule has 0 heterocycles. The van der Waals surface area contributed by atoms with Gasteiger partial charge in [-0.15, -0.1) is 0 Å². The van der Waals surface area contributed by atoms with Gasteiger partial charge in [0.1, 0.15) is 11.2 Å². The Balaban J connectivity index is 2.42. The zero-order valence-electron chi connectivity index (χ0n) is 10.5. The van der Waals surface area contributed by atoms with Crippen molar-refractivity contribution in [1.82, 2.24) is 0 Å². The van der Waals surface area contributed by atoms with Gasteiger partial charge in [0.15, 0.2) is 0 Å². The SMILES string of the molecule is CCCOc1ccc(CC(C)CSC#N)cc1. The molecule has 17 heavy (non-hydrogen) atoms. The van der Waals surface area contributed by atoms with Gasteiger partial charge in [-0.2, -0.15) is 5.26 Å². The molecule has 0 saturated carbocycles. The van der Waals surface area contributed by atoms with Crippen molar-refractivity contribution in [1.29, 1.82) is 5.26 Å². The monoisotopic (exact) mass is 249 g/mol. The fourth-order valence-corrected chi connectivity index (χ4v) is 2.06. The van der Waals surface area contributed by atoms with Gasteiger partial charge in [0.2, 0.25) is 0 Å². The highest BCUT2D eigenvalue weighted by atomic mass is 32.2. The molecule has 2 nitrogen and oxygen atoms in total. The minimum absolute atomic E-state index is 0.530. The van der Waals surface area contributed by atoms with Crippen molar-refractivity contribution >= 4 is 11.8 Å². The largest absolute Gasteiger partial charge is 0.494 e. The first-order valence-corrected chi connectivity index (χ1v) is 6.97. The number of ether oxygens (including phenoxy) is 1. The fraction of sp³-hybridized carbons (Fsp3) is 0.500. The Morgan fingerprint density at radius 1 is 1.35 bits per heavy atom. The van der Waals surface area contributed by atoms with Crippen molar-refractivity contribution in [2.75, 3.05) is 12.4 Å². The highest BCUT2D eigenvalue weighted by Crippen LogP contribution is 2.17. The van der Waals surface area contributed by atoms with Gasteiger partial charge >= 0.3 is 0 Å². The number of hydrogen-bond acceptors (Lipinski definition) is 3. The first-order valence-electron chi connectivity index (χ1n) is 5.99. The van der Waals surface area contributed by atoms with Crippen molar-refractivity contribution in [3.05, 3.63) is 29.8 Å². The van der Waals surface area contributed by atoms with E-state index in [4.69, 9.17) is 10.00 Å². The Kier molecular flexibility index (Phi) is 6.57. The maximum atomic E-state index is 8.50. The second-order valence-corrected chi connectivity index (χ2v) is 5.01. The standard InChI is InChI=1S/C14H19NOS/c1-3-8-16-14-6-4-13(5-7-14)9-12(2)10-17-11-15/h4-7,12H,3,8-10H2,1-2H3. The van der Waals surface area contributed by atoms with Crippen LogP contribution in [-0.4, -0.2) is 12.4 Å². The lowest BCUT2D eigenvalue weighted by molar-refractivity contribution is 0.317. The summed E-state index contributed by atoms with van der Waals surface area (Å²) >= 11 is 1.33. The van der Waals surface area contributed by atoms with Crippen LogP contribution in [0.3, 0.4) is 0 Å². The summed E-state index contributed by atoms with van der Waals surface area (Å²) in [5.74, 6) is 2.36. The minimum Gasteiger partial charge on any atom is -0.494 e. The molecule has 0 saturated heterocycles. The Labute approximate surface area is 108 Å². The molecule has 0 aliphatic heterocycles. The molecule has 0 spiro atoms. The molecule has 0 radical (unpaired) electrons. The number of nitriles is 1. The number of nitrogens with zero attached hydrogens (tertiary/aromatic N) is 1. The molecule has 1 unspecified atom stereocenters. The molecule has 0 aliphatic carbocycles. The topological polar surface area (TPSA) is 33.0 Å². The number of rotatable bonds is 7.